The Morgan fingerprint density at radius 3 is 1.82 bits per heavy atom. The maximum atomic E-state index is 12.7. The second-order valence-corrected chi connectivity index (χ2v) is 13.2. The lowest BCUT2D eigenvalue weighted by molar-refractivity contribution is -0.304. The quantitative estimate of drug-likeness (QED) is 0.0859. The standard InChI is InChI=1S/C39H48O17/c1-48-23-9-18(10-24(49-2)32(23)42)7-8-29(41)54-17-28-34(44)36(46)37(47)39(56-28)55-16-22-21(15-40)11-19-12-27(52-5)35(45)38(53-6)31(19)30(22)20-13-25(50-3)33(43)26(14-20)51-4/h7-10,12-14,21-22,28,30,34,36-37,39-40,42-47H,11,15-17H2,1-6H3. The molecule has 3 aromatic rings. The first-order chi connectivity index (χ1) is 26.8. The molecule has 17 nitrogen and oxygen atoms in total. The molecule has 0 radical (unpaired) electrons. The molecule has 306 valence electrons. The van der Waals surface area contributed by atoms with E-state index in [1.54, 1.807) is 18.2 Å². The lowest BCUT2D eigenvalue weighted by Gasteiger charge is -2.43. The van der Waals surface area contributed by atoms with Crippen molar-refractivity contribution in [3.05, 3.63) is 58.7 Å². The maximum Gasteiger partial charge on any atom is 0.330 e. The van der Waals surface area contributed by atoms with Crippen molar-refractivity contribution in [1.29, 1.82) is 0 Å². The van der Waals surface area contributed by atoms with Gasteiger partial charge in [-0.2, -0.15) is 0 Å². The fourth-order valence-corrected chi connectivity index (χ4v) is 7.21. The van der Waals surface area contributed by atoms with E-state index < -0.39 is 61.0 Å². The van der Waals surface area contributed by atoms with Gasteiger partial charge < -0.3 is 78.4 Å². The number of hydrogen-bond donors (Lipinski definition) is 7. The van der Waals surface area contributed by atoms with E-state index in [1.807, 2.05) is 0 Å². The van der Waals surface area contributed by atoms with Crippen LogP contribution in [0.5, 0.6) is 51.7 Å². The van der Waals surface area contributed by atoms with Crippen LogP contribution < -0.4 is 28.4 Å². The molecule has 0 saturated carbocycles. The minimum Gasteiger partial charge on any atom is -0.502 e. The molecule has 2 aliphatic rings. The predicted molar refractivity (Wildman–Crippen MR) is 196 cm³/mol. The van der Waals surface area contributed by atoms with E-state index >= 15 is 0 Å². The van der Waals surface area contributed by atoms with E-state index in [2.05, 4.69) is 0 Å². The summed E-state index contributed by atoms with van der Waals surface area (Å²) < 4.78 is 49.6. The number of benzene rings is 3. The third-order valence-corrected chi connectivity index (χ3v) is 10.1. The van der Waals surface area contributed by atoms with Crippen LogP contribution in [-0.2, 0) is 25.4 Å². The predicted octanol–water partition coefficient (Wildman–Crippen LogP) is 1.85. The Hall–Kier alpha value is -5.17. The Labute approximate surface area is 322 Å². The van der Waals surface area contributed by atoms with Gasteiger partial charge in [-0.25, -0.2) is 4.79 Å². The Morgan fingerprint density at radius 1 is 0.732 bits per heavy atom. The van der Waals surface area contributed by atoms with Gasteiger partial charge in [-0.3, -0.25) is 0 Å². The number of methoxy groups -OCH3 is 6. The van der Waals surface area contributed by atoms with Gasteiger partial charge in [-0.1, -0.05) is 0 Å². The largest absolute Gasteiger partial charge is 0.502 e. The highest BCUT2D eigenvalue weighted by atomic mass is 16.7. The van der Waals surface area contributed by atoms with Crippen LogP contribution in [0.2, 0.25) is 0 Å². The molecule has 3 aromatic carbocycles. The molecular formula is C39H48O17. The number of aliphatic hydroxyl groups is 4. The van der Waals surface area contributed by atoms with Crippen molar-refractivity contribution in [2.24, 2.45) is 11.8 Å². The third kappa shape index (κ3) is 8.33. The van der Waals surface area contributed by atoms with Crippen LogP contribution in [0.4, 0.5) is 0 Å². The average molecular weight is 789 g/mol. The first-order valence-corrected chi connectivity index (χ1v) is 17.5. The Kier molecular flexibility index (Phi) is 13.6. The number of aromatic hydroxyl groups is 3. The number of fused-ring (bicyclic) bond motifs is 1. The van der Waals surface area contributed by atoms with Crippen molar-refractivity contribution in [3.8, 4) is 51.7 Å². The number of rotatable bonds is 15. The van der Waals surface area contributed by atoms with E-state index in [0.717, 1.165) is 6.08 Å². The summed E-state index contributed by atoms with van der Waals surface area (Å²) in [6.45, 7) is -1.09. The van der Waals surface area contributed by atoms with Crippen molar-refractivity contribution in [3.63, 3.8) is 0 Å². The lowest BCUT2D eigenvalue weighted by atomic mass is 9.66. The summed E-state index contributed by atoms with van der Waals surface area (Å²) >= 11 is 0. The Bertz CT molecular complexity index is 1830. The van der Waals surface area contributed by atoms with Crippen molar-refractivity contribution in [2.75, 3.05) is 62.5 Å². The van der Waals surface area contributed by atoms with Crippen molar-refractivity contribution in [1.82, 2.24) is 0 Å². The van der Waals surface area contributed by atoms with Crippen LogP contribution in [0.1, 0.15) is 28.2 Å². The zero-order valence-corrected chi connectivity index (χ0v) is 31.7. The highest BCUT2D eigenvalue weighted by molar-refractivity contribution is 5.87. The smallest absolute Gasteiger partial charge is 0.330 e. The van der Waals surface area contributed by atoms with Crippen molar-refractivity contribution in [2.45, 2.75) is 43.0 Å². The molecule has 5 rings (SSSR count). The number of hydrogen-bond acceptors (Lipinski definition) is 17. The minimum atomic E-state index is -1.77. The first-order valence-electron chi connectivity index (χ1n) is 17.5. The molecular weight excluding hydrogens is 740 g/mol. The summed E-state index contributed by atoms with van der Waals surface area (Å²) in [5.41, 5.74) is 2.18. The van der Waals surface area contributed by atoms with Gasteiger partial charge in [0.25, 0.3) is 0 Å². The van der Waals surface area contributed by atoms with Gasteiger partial charge in [0.15, 0.2) is 40.8 Å². The zero-order valence-electron chi connectivity index (χ0n) is 31.7. The molecule has 1 saturated heterocycles. The van der Waals surface area contributed by atoms with E-state index in [0.29, 0.717) is 22.3 Å². The van der Waals surface area contributed by atoms with Crippen molar-refractivity contribution < 1.29 is 83.2 Å². The van der Waals surface area contributed by atoms with Gasteiger partial charge in [0.05, 0.1) is 49.3 Å². The third-order valence-electron chi connectivity index (χ3n) is 10.1. The highest BCUT2D eigenvalue weighted by Gasteiger charge is 2.47. The Balaban J connectivity index is 1.41. The van der Waals surface area contributed by atoms with Gasteiger partial charge in [-0.05, 0) is 71.4 Å². The summed E-state index contributed by atoms with van der Waals surface area (Å²) in [6.07, 6.45) is -5.31. The normalized spacial score (nSPS) is 24.6. The molecule has 1 aliphatic carbocycles. The average Bonchev–Trinajstić information content (AvgIpc) is 3.21. The van der Waals surface area contributed by atoms with E-state index in [9.17, 15) is 40.5 Å². The molecule has 0 amide bonds. The van der Waals surface area contributed by atoms with Crippen molar-refractivity contribution >= 4 is 12.0 Å². The van der Waals surface area contributed by atoms with Gasteiger partial charge in [0.1, 0.15) is 31.0 Å². The number of phenols is 3. The molecule has 0 aromatic heterocycles. The van der Waals surface area contributed by atoms with Crippen LogP contribution in [0.15, 0.2) is 36.4 Å². The molecule has 56 heavy (non-hydrogen) atoms. The summed E-state index contributed by atoms with van der Waals surface area (Å²) in [5, 5.41) is 75.3. The van der Waals surface area contributed by atoms with Gasteiger partial charge in [0.2, 0.25) is 17.2 Å². The van der Waals surface area contributed by atoms with Crippen LogP contribution >= 0.6 is 0 Å². The number of carbonyl (C=O) groups is 1. The topological polar surface area (TPSA) is 242 Å². The fraction of sp³-hybridized carbons (Fsp3) is 0.462. The van der Waals surface area contributed by atoms with Gasteiger partial charge in [-0.15, -0.1) is 0 Å². The molecule has 1 aliphatic heterocycles. The number of phenolic OH excluding ortho intramolecular Hbond substituents is 3. The lowest BCUT2D eigenvalue weighted by Crippen LogP contribution is -2.59. The number of ether oxygens (including phenoxy) is 9. The summed E-state index contributed by atoms with van der Waals surface area (Å²) in [6, 6.07) is 7.76. The van der Waals surface area contributed by atoms with E-state index in [1.165, 1.54) is 60.9 Å². The van der Waals surface area contributed by atoms with Gasteiger partial charge >= 0.3 is 5.97 Å². The molecule has 1 heterocycles. The minimum absolute atomic E-state index is 0.0845. The first kappa shape index (κ1) is 42.0. The number of esters is 1. The molecule has 8 unspecified atom stereocenters. The molecule has 0 spiro atoms. The molecule has 17 heteroatoms. The SMILES string of the molecule is COc1cc(C=CC(=O)OCC2OC(OCC3C(CO)Cc4cc(OC)c(O)c(OC)c4C3c3cc(OC)c(O)c(OC)c3)C(O)C(O)C2O)cc(OC)c1O. The van der Waals surface area contributed by atoms with Crippen LogP contribution in [0.3, 0.4) is 0 Å². The molecule has 7 N–H and O–H groups in total. The van der Waals surface area contributed by atoms with E-state index in [4.69, 9.17) is 42.6 Å². The monoisotopic (exact) mass is 788 g/mol. The van der Waals surface area contributed by atoms with Crippen LogP contribution in [-0.4, -0.2) is 135 Å². The number of carbonyl (C=O) groups excluding carboxylic acids is 1. The summed E-state index contributed by atoms with van der Waals surface area (Å²) in [4.78, 5) is 12.7. The van der Waals surface area contributed by atoms with Gasteiger partial charge in [0, 0.05) is 24.2 Å². The molecule has 8 atom stereocenters. The number of aliphatic hydroxyl groups excluding tert-OH is 4. The second kappa shape index (κ2) is 18.2. The van der Waals surface area contributed by atoms with Crippen LogP contribution in [0.25, 0.3) is 6.08 Å². The fourth-order valence-electron chi connectivity index (χ4n) is 7.21. The summed E-state index contributed by atoms with van der Waals surface area (Å²) in [7, 11) is 8.25. The van der Waals surface area contributed by atoms with E-state index in [-0.39, 0.29) is 71.4 Å². The Morgan fingerprint density at radius 2 is 1.29 bits per heavy atom. The van der Waals surface area contributed by atoms with Crippen LogP contribution in [0, 0.1) is 11.8 Å². The summed E-state index contributed by atoms with van der Waals surface area (Å²) in [5.74, 6) is -2.81. The highest BCUT2D eigenvalue weighted by Crippen LogP contribution is 2.54. The molecule has 0 bridgehead atoms. The maximum absolute atomic E-state index is 12.7. The molecule has 1 fully saturated rings. The second-order valence-electron chi connectivity index (χ2n) is 13.2. The zero-order chi connectivity index (χ0) is 40.8.